The van der Waals surface area contributed by atoms with E-state index in [0.717, 1.165) is 5.56 Å². The van der Waals surface area contributed by atoms with Crippen LogP contribution in [0.25, 0.3) is 0 Å². The number of hydrogen-bond acceptors (Lipinski definition) is 4. The van der Waals surface area contributed by atoms with Gasteiger partial charge in [-0.1, -0.05) is 42.5 Å². The molecule has 4 nitrogen and oxygen atoms in total. The second-order valence-corrected chi connectivity index (χ2v) is 5.81. The molecule has 2 aromatic rings. The summed E-state index contributed by atoms with van der Waals surface area (Å²) in [5.41, 5.74) is 1.54. The SMILES string of the molecule is COC(=O)C(c1ccccc1)N1CCN(c2ccccc2F)CC1.Cl. The number of benzene rings is 2. The van der Waals surface area contributed by atoms with Crippen molar-refractivity contribution in [3.63, 3.8) is 0 Å². The highest BCUT2D eigenvalue weighted by molar-refractivity contribution is 5.85. The predicted molar refractivity (Wildman–Crippen MR) is 98.6 cm³/mol. The molecule has 1 atom stereocenters. The monoisotopic (exact) mass is 364 g/mol. The van der Waals surface area contributed by atoms with Crippen molar-refractivity contribution >= 4 is 24.1 Å². The van der Waals surface area contributed by atoms with Crippen LogP contribution in [0.4, 0.5) is 10.1 Å². The molecule has 0 aromatic heterocycles. The summed E-state index contributed by atoms with van der Waals surface area (Å²) < 4.78 is 18.9. The number of carbonyl (C=O) groups excluding carboxylic acids is 1. The normalized spacial score (nSPS) is 16.0. The first-order valence-corrected chi connectivity index (χ1v) is 8.07. The third-order valence-electron chi connectivity index (χ3n) is 4.41. The van der Waals surface area contributed by atoms with E-state index >= 15 is 0 Å². The zero-order chi connectivity index (χ0) is 16.9. The molecule has 0 radical (unpaired) electrons. The van der Waals surface area contributed by atoms with Crippen molar-refractivity contribution in [1.82, 2.24) is 4.90 Å². The summed E-state index contributed by atoms with van der Waals surface area (Å²) >= 11 is 0. The maximum Gasteiger partial charge on any atom is 0.327 e. The van der Waals surface area contributed by atoms with Crippen LogP contribution in [0.15, 0.2) is 54.6 Å². The molecule has 0 bridgehead atoms. The molecule has 1 heterocycles. The Morgan fingerprint density at radius 2 is 1.60 bits per heavy atom. The van der Waals surface area contributed by atoms with Gasteiger partial charge < -0.3 is 9.64 Å². The highest BCUT2D eigenvalue weighted by atomic mass is 35.5. The molecule has 1 unspecified atom stereocenters. The molecule has 3 rings (SSSR count). The Kier molecular flexibility index (Phi) is 6.79. The number of anilines is 1. The van der Waals surface area contributed by atoms with Gasteiger partial charge in [0.2, 0.25) is 0 Å². The molecular formula is C19H22ClFN2O2. The number of carbonyl (C=O) groups is 1. The largest absolute Gasteiger partial charge is 0.468 e. The van der Waals surface area contributed by atoms with Gasteiger partial charge in [-0.05, 0) is 17.7 Å². The van der Waals surface area contributed by atoms with E-state index in [-0.39, 0.29) is 24.2 Å². The number of methoxy groups -OCH3 is 1. The van der Waals surface area contributed by atoms with E-state index in [0.29, 0.717) is 31.9 Å². The molecule has 0 amide bonds. The maximum absolute atomic E-state index is 13.9. The van der Waals surface area contributed by atoms with E-state index in [1.807, 2.05) is 41.3 Å². The Labute approximate surface area is 153 Å². The number of nitrogens with zero attached hydrogens (tertiary/aromatic N) is 2. The minimum atomic E-state index is -0.418. The van der Waals surface area contributed by atoms with E-state index in [1.54, 1.807) is 12.1 Å². The van der Waals surface area contributed by atoms with Crippen LogP contribution in [0.3, 0.4) is 0 Å². The van der Waals surface area contributed by atoms with Crippen LogP contribution in [-0.2, 0) is 9.53 Å². The third kappa shape index (κ3) is 4.30. The fourth-order valence-electron chi connectivity index (χ4n) is 3.17. The van der Waals surface area contributed by atoms with Crippen molar-refractivity contribution in [2.45, 2.75) is 6.04 Å². The van der Waals surface area contributed by atoms with Crippen molar-refractivity contribution in [2.24, 2.45) is 0 Å². The average molecular weight is 365 g/mol. The van der Waals surface area contributed by atoms with Gasteiger partial charge in [-0.3, -0.25) is 4.90 Å². The number of piperazine rings is 1. The minimum absolute atomic E-state index is 0. The van der Waals surface area contributed by atoms with Crippen molar-refractivity contribution in [1.29, 1.82) is 0 Å². The second-order valence-electron chi connectivity index (χ2n) is 5.81. The highest BCUT2D eigenvalue weighted by Crippen LogP contribution is 2.26. The van der Waals surface area contributed by atoms with E-state index in [1.165, 1.54) is 13.2 Å². The highest BCUT2D eigenvalue weighted by Gasteiger charge is 2.31. The summed E-state index contributed by atoms with van der Waals surface area (Å²) in [5, 5.41) is 0. The number of esters is 1. The van der Waals surface area contributed by atoms with E-state index in [9.17, 15) is 9.18 Å². The van der Waals surface area contributed by atoms with Crippen molar-refractivity contribution in [2.75, 3.05) is 38.2 Å². The molecule has 6 heteroatoms. The number of para-hydroxylation sites is 1. The van der Waals surface area contributed by atoms with Gasteiger partial charge in [0.05, 0.1) is 12.8 Å². The zero-order valence-corrected chi connectivity index (χ0v) is 14.9. The number of halogens is 2. The molecule has 0 aliphatic carbocycles. The van der Waals surface area contributed by atoms with Gasteiger partial charge in [0.25, 0.3) is 0 Å². The predicted octanol–water partition coefficient (Wildman–Crippen LogP) is 3.28. The number of hydrogen-bond donors (Lipinski definition) is 0. The summed E-state index contributed by atoms with van der Waals surface area (Å²) in [5.74, 6) is -0.473. The maximum atomic E-state index is 13.9. The first kappa shape index (κ1) is 19.2. The summed E-state index contributed by atoms with van der Waals surface area (Å²) in [4.78, 5) is 16.4. The molecular weight excluding hydrogens is 343 g/mol. The Bertz CT molecular complexity index is 691. The Morgan fingerprint density at radius 3 is 2.20 bits per heavy atom. The molecule has 0 N–H and O–H groups in total. The van der Waals surface area contributed by atoms with Gasteiger partial charge in [-0.15, -0.1) is 12.4 Å². The minimum Gasteiger partial charge on any atom is -0.468 e. The molecule has 1 fully saturated rings. The van der Waals surface area contributed by atoms with Crippen molar-refractivity contribution in [3.05, 3.63) is 66.0 Å². The van der Waals surface area contributed by atoms with Crippen LogP contribution < -0.4 is 4.90 Å². The zero-order valence-electron chi connectivity index (χ0n) is 14.1. The smallest absolute Gasteiger partial charge is 0.327 e. The number of rotatable bonds is 4. The van der Waals surface area contributed by atoms with E-state index in [4.69, 9.17) is 4.74 Å². The lowest BCUT2D eigenvalue weighted by atomic mass is 10.0. The van der Waals surface area contributed by atoms with Crippen LogP contribution in [0.1, 0.15) is 11.6 Å². The standard InChI is InChI=1S/C19H21FN2O2.ClH/c1-24-19(23)18(15-7-3-2-4-8-15)22-13-11-21(12-14-22)17-10-6-5-9-16(17)20;/h2-10,18H,11-14H2,1H3;1H. The summed E-state index contributed by atoms with van der Waals surface area (Å²) in [6.07, 6.45) is 0. The second kappa shape index (κ2) is 8.83. The van der Waals surface area contributed by atoms with Gasteiger partial charge >= 0.3 is 5.97 Å². The molecule has 2 aromatic carbocycles. The van der Waals surface area contributed by atoms with Crippen LogP contribution in [0.5, 0.6) is 0 Å². The van der Waals surface area contributed by atoms with Crippen LogP contribution >= 0.6 is 12.4 Å². The Balaban J connectivity index is 0.00000225. The first-order valence-electron chi connectivity index (χ1n) is 8.07. The van der Waals surface area contributed by atoms with E-state index < -0.39 is 6.04 Å². The molecule has 1 aliphatic heterocycles. The van der Waals surface area contributed by atoms with Crippen molar-refractivity contribution in [3.8, 4) is 0 Å². The summed E-state index contributed by atoms with van der Waals surface area (Å²) in [7, 11) is 1.41. The lowest BCUT2D eigenvalue weighted by molar-refractivity contribution is -0.147. The van der Waals surface area contributed by atoms with Crippen LogP contribution in [0.2, 0.25) is 0 Å². The fraction of sp³-hybridized carbons (Fsp3) is 0.316. The average Bonchev–Trinajstić information content (AvgIpc) is 2.64. The lowest BCUT2D eigenvalue weighted by Crippen LogP contribution is -2.49. The summed E-state index contributed by atoms with van der Waals surface area (Å²) in [6, 6.07) is 16.0. The number of ether oxygens (including phenoxy) is 1. The Morgan fingerprint density at radius 1 is 1.00 bits per heavy atom. The van der Waals surface area contributed by atoms with Crippen LogP contribution in [0, 0.1) is 5.82 Å². The summed E-state index contributed by atoms with van der Waals surface area (Å²) in [6.45, 7) is 2.68. The van der Waals surface area contributed by atoms with E-state index in [2.05, 4.69) is 4.90 Å². The molecule has 0 spiro atoms. The molecule has 134 valence electrons. The third-order valence-corrected chi connectivity index (χ3v) is 4.41. The fourth-order valence-corrected chi connectivity index (χ4v) is 3.17. The quantitative estimate of drug-likeness (QED) is 0.779. The van der Waals surface area contributed by atoms with Gasteiger partial charge in [0.15, 0.2) is 0 Å². The van der Waals surface area contributed by atoms with Crippen molar-refractivity contribution < 1.29 is 13.9 Å². The first-order chi connectivity index (χ1) is 11.7. The Hall–Kier alpha value is -2.11. The van der Waals surface area contributed by atoms with Gasteiger partial charge in [0, 0.05) is 26.2 Å². The topological polar surface area (TPSA) is 32.8 Å². The molecule has 25 heavy (non-hydrogen) atoms. The van der Waals surface area contributed by atoms with Gasteiger partial charge in [-0.25, -0.2) is 9.18 Å². The lowest BCUT2D eigenvalue weighted by Gasteiger charge is -2.39. The molecule has 0 saturated carbocycles. The molecule has 1 aliphatic rings. The van der Waals surface area contributed by atoms with Gasteiger partial charge in [-0.2, -0.15) is 0 Å². The van der Waals surface area contributed by atoms with Crippen LogP contribution in [-0.4, -0.2) is 44.2 Å². The van der Waals surface area contributed by atoms with Gasteiger partial charge in [0.1, 0.15) is 11.9 Å². The molecule has 1 saturated heterocycles.